The van der Waals surface area contributed by atoms with Gasteiger partial charge in [-0.3, -0.25) is 9.48 Å². The monoisotopic (exact) mass is 498 g/mol. The highest BCUT2D eigenvalue weighted by atomic mass is 35.5. The van der Waals surface area contributed by atoms with Crippen molar-refractivity contribution in [1.82, 2.24) is 24.5 Å². The normalized spacial score (nSPS) is 29.5. The van der Waals surface area contributed by atoms with Crippen LogP contribution in [0.1, 0.15) is 55.5 Å². The molecule has 1 amide bonds. The third kappa shape index (κ3) is 3.55. The molecule has 0 spiro atoms. The number of aryl methyl sites for hydroxylation is 1. The van der Waals surface area contributed by atoms with Crippen LogP contribution >= 0.6 is 23.2 Å². The highest BCUT2D eigenvalue weighted by Gasteiger charge is 2.61. The van der Waals surface area contributed by atoms with Crippen molar-refractivity contribution in [2.24, 2.45) is 17.3 Å². The van der Waals surface area contributed by atoms with E-state index >= 15 is 0 Å². The minimum absolute atomic E-state index is 0.116. The molecule has 2 unspecified atom stereocenters. The van der Waals surface area contributed by atoms with Gasteiger partial charge in [-0.25, -0.2) is 9.67 Å². The van der Waals surface area contributed by atoms with Crippen molar-refractivity contribution in [3.8, 4) is 0 Å². The molecule has 4 fully saturated rings. The lowest BCUT2D eigenvalue weighted by molar-refractivity contribution is -0.150. The summed E-state index contributed by atoms with van der Waals surface area (Å²) < 4.78 is 3.89. The molecule has 2 aromatic heterocycles. The van der Waals surface area contributed by atoms with Crippen LogP contribution in [0.3, 0.4) is 0 Å². The molecule has 178 valence electrons. The smallest absolute Gasteiger partial charge is 0.242 e. The molecule has 2 heterocycles. The molecule has 4 saturated carbocycles. The molecule has 0 aliphatic heterocycles. The van der Waals surface area contributed by atoms with E-state index in [2.05, 4.69) is 15.4 Å². The lowest BCUT2D eigenvalue weighted by atomic mass is 9.46. The molecule has 9 heteroatoms. The standard InChI is InChI=1S/C25H28Cl2N6O/c1-15-21(16(2)32(30-15)12-17-4-3-5-20(26)7-17)29-22(34)24-8-18-6-19(9-24)11-25(10-18,13-24)33-14-28-23(27)31-33/h3-5,7,14,18-19H,6,8-13H2,1-2H3,(H,29,34). The van der Waals surface area contributed by atoms with Gasteiger partial charge in [0.05, 0.1) is 34.6 Å². The molecular weight excluding hydrogens is 471 g/mol. The Bertz CT molecular complexity index is 1270. The van der Waals surface area contributed by atoms with Crippen LogP contribution in [0.25, 0.3) is 0 Å². The van der Waals surface area contributed by atoms with E-state index in [0.29, 0.717) is 23.4 Å². The summed E-state index contributed by atoms with van der Waals surface area (Å²) in [6.07, 6.45) is 7.71. The number of aromatic nitrogens is 5. The first-order valence-corrected chi connectivity index (χ1v) is 12.7. The molecule has 4 aliphatic carbocycles. The average molecular weight is 499 g/mol. The second-order valence-electron chi connectivity index (χ2n) is 10.7. The van der Waals surface area contributed by atoms with E-state index in [1.165, 1.54) is 6.42 Å². The lowest BCUT2D eigenvalue weighted by Crippen LogP contribution is -2.60. The number of hydrogen-bond acceptors (Lipinski definition) is 4. The van der Waals surface area contributed by atoms with Crippen molar-refractivity contribution < 1.29 is 4.79 Å². The number of halogens is 2. The Kier molecular flexibility index (Phi) is 5.08. The van der Waals surface area contributed by atoms with Crippen molar-refractivity contribution >= 4 is 34.8 Å². The molecule has 0 radical (unpaired) electrons. The number of carbonyl (C=O) groups excluding carboxylic acids is 1. The highest BCUT2D eigenvalue weighted by molar-refractivity contribution is 6.30. The minimum Gasteiger partial charge on any atom is -0.322 e. The topological polar surface area (TPSA) is 77.6 Å². The second-order valence-corrected chi connectivity index (χ2v) is 11.5. The Morgan fingerprint density at radius 2 is 1.91 bits per heavy atom. The van der Waals surface area contributed by atoms with Crippen LogP contribution in [-0.4, -0.2) is 30.5 Å². The van der Waals surface area contributed by atoms with Crippen molar-refractivity contribution in [3.05, 3.63) is 57.9 Å². The van der Waals surface area contributed by atoms with Gasteiger partial charge in [-0.05, 0) is 93.5 Å². The maximum Gasteiger partial charge on any atom is 0.242 e. The largest absolute Gasteiger partial charge is 0.322 e. The first kappa shape index (κ1) is 22.1. The number of nitrogens with zero attached hydrogens (tertiary/aromatic N) is 5. The van der Waals surface area contributed by atoms with Crippen LogP contribution in [0.15, 0.2) is 30.6 Å². The predicted octanol–water partition coefficient (Wildman–Crippen LogP) is 5.38. The molecular formula is C25H28Cl2N6O. The first-order valence-electron chi connectivity index (χ1n) is 11.9. The summed E-state index contributed by atoms with van der Waals surface area (Å²) in [4.78, 5) is 18.1. The SMILES string of the molecule is Cc1nn(Cc2cccc(Cl)c2)c(C)c1NC(=O)C12CC3CC(C1)CC(n1cnc(Cl)n1)(C3)C2. The number of rotatable bonds is 5. The Morgan fingerprint density at radius 3 is 2.59 bits per heavy atom. The fourth-order valence-electron chi connectivity index (χ4n) is 7.31. The number of benzene rings is 1. The third-order valence-electron chi connectivity index (χ3n) is 8.30. The van der Waals surface area contributed by atoms with E-state index in [9.17, 15) is 4.79 Å². The number of carbonyl (C=O) groups is 1. The van der Waals surface area contributed by atoms with Gasteiger partial charge in [0.1, 0.15) is 6.33 Å². The zero-order valence-electron chi connectivity index (χ0n) is 19.4. The molecule has 0 saturated heterocycles. The lowest BCUT2D eigenvalue weighted by Gasteiger charge is -2.60. The summed E-state index contributed by atoms with van der Waals surface area (Å²) in [5, 5.41) is 13.5. The molecule has 1 aromatic carbocycles. The van der Waals surface area contributed by atoms with Gasteiger partial charge in [0.25, 0.3) is 0 Å². The summed E-state index contributed by atoms with van der Waals surface area (Å²) in [5.74, 6) is 1.18. The van der Waals surface area contributed by atoms with Crippen LogP contribution in [0.5, 0.6) is 0 Å². The molecule has 2 atom stereocenters. The maximum atomic E-state index is 13.9. The van der Waals surface area contributed by atoms with Gasteiger partial charge in [0, 0.05) is 5.02 Å². The van der Waals surface area contributed by atoms with Gasteiger partial charge in [-0.2, -0.15) is 5.10 Å². The van der Waals surface area contributed by atoms with Crippen molar-refractivity contribution in [3.63, 3.8) is 0 Å². The van der Waals surface area contributed by atoms with E-state index in [1.54, 1.807) is 6.33 Å². The van der Waals surface area contributed by atoms with E-state index in [4.69, 9.17) is 28.3 Å². The van der Waals surface area contributed by atoms with E-state index < -0.39 is 5.41 Å². The van der Waals surface area contributed by atoms with Crippen LogP contribution < -0.4 is 5.32 Å². The summed E-state index contributed by atoms with van der Waals surface area (Å²) in [7, 11) is 0. The van der Waals surface area contributed by atoms with Crippen molar-refractivity contribution in [2.75, 3.05) is 5.32 Å². The third-order valence-corrected chi connectivity index (χ3v) is 8.71. The maximum absolute atomic E-state index is 13.9. The van der Waals surface area contributed by atoms with Crippen LogP contribution in [0, 0.1) is 31.1 Å². The molecule has 7 nitrogen and oxygen atoms in total. The van der Waals surface area contributed by atoms with E-state index in [1.807, 2.05) is 47.5 Å². The Balaban J connectivity index is 1.27. The molecule has 7 rings (SSSR count). The summed E-state index contributed by atoms with van der Waals surface area (Å²) >= 11 is 12.2. The minimum atomic E-state index is -0.392. The zero-order valence-corrected chi connectivity index (χ0v) is 20.9. The number of amides is 1. The number of hydrogen-bond donors (Lipinski definition) is 1. The second kappa shape index (κ2) is 7.82. The van der Waals surface area contributed by atoms with Gasteiger partial charge in [-0.15, -0.1) is 5.10 Å². The predicted molar refractivity (Wildman–Crippen MR) is 131 cm³/mol. The van der Waals surface area contributed by atoms with Crippen LogP contribution in [0.4, 0.5) is 5.69 Å². The number of nitrogens with one attached hydrogen (secondary N) is 1. The summed E-state index contributed by atoms with van der Waals surface area (Å²) in [6, 6.07) is 7.79. The Labute approximate surface area is 208 Å². The first-order chi connectivity index (χ1) is 16.3. The van der Waals surface area contributed by atoms with Gasteiger partial charge >= 0.3 is 0 Å². The molecule has 34 heavy (non-hydrogen) atoms. The number of anilines is 1. The van der Waals surface area contributed by atoms with Gasteiger partial charge in [0.15, 0.2) is 0 Å². The molecule has 3 aromatic rings. The fraction of sp³-hybridized carbons (Fsp3) is 0.520. The molecule has 4 bridgehead atoms. The molecule has 4 aliphatic rings. The van der Waals surface area contributed by atoms with Crippen molar-refractivity contribution in [2.45, 2.75) is 64.5 Å². The van der Waals surface area contributed by atoms with Gasteiger partial charge < -0.3 is 5.32 Å². The zero-order chi connectivity index (χ0) is 23.7. The highest BCUT2D eigenvalue weighted by Crippen LogP contribution is 2.64. The van der Waals surface area contributed by atoms with Crippen LogP contribution in [0.2, 0.25) is 10.3 Å². The fourth-order valence-corrected chi connectivity index (χ4v) is 7.64. The summed E-state index contributed by atoms with van der Waals surface area (Å²) in [6.45, 7) is 4.57. The van der Waals surface area contributed by atoms with Crippen molar-refractivity contribution in [1.29, 1.82) is 0 Å². The Morgan fingerprint density at radius 1 is 1.15 bits per heavy atom. The quantitative estimate of drug-likeness (QED) is 0.511. The van der Waals surface area contributed by atoms with Gasteiger partial charge in [0.2, 0.25) is 11.2 Å². The summed E-state index contributed by atoms with van der Waals surface area (Å²) in [5.41, 5.74) is 3.12. The van der Waals surface area contributed by atoms with E-state index in [0.717, 1.165) is 54.7 Å². The van der Waals surface area contributed by atoms with Gasteiger partial charge in [-0.1, -0.05) is 23.7 Å². The Hall–Kier alpha value is -2.38. The average Bonchev–Trinajstić information content (AvgIpc) is 3.32. The van der Waals surface area contributed by atoms with Crippen LogP contribution in [-0.2, 0) is 16.9 Å². The molecule has 1 N–H and O–H groups in total. The van der Waals surface area contributed by atoms with E-state index in [-0.39, 0.29) is 16.7 Å².